The van der Waals surface area contributed by atoms with Crippen LogP contribution >= 0.6 is 22.9 Å². The van der Waals surface area contributed by atoms with Crippen LogP contribution in [0, 0.1) is 13.8 Å². The van der Waals surface area contributed by atoms with Crippen molar-refractivity contribution in [1.29, 1.82) is 0 Å². The van der Waals surface area contributed by atoms with E-state index in [1.165, 1.54) is 11.3 Å². The van der Waals surface area contributed by atoms with E-state index in [2.05, 4.69) is 14.9 Å². The van der Waals surface area contributed by atoms with Gasteiger partial charge in [0.15, 0.2) is 0 Å². The highest BCUT2D eigenvalue weighted by Gasteiger charge is 2.24. The molecule has 7 heteroatoms. The molecule has 0 bridgehead atoms. The fourth-order valence-corrected chi connectivity index (χ4v) is 3.85. The quantitative estimate of drug-likeness (QED) is 0.834. The molecule has 1 fully saturated rings. The van der Waals surface area contributed by atoms with Crippen molar-refractivity contribution in [1.82, 2.24) is 14.9 Å². The standard InChI is InChI=1S/C16H19ClN4OS/c1-11-10-18-12(2)15(19-11)20-5-3-6-21(8-7-20)16(22)14-13(17)4-9-23-14/h4,9-10H,3,5-8H2,1-2H3. The van der Waals surface area contributed by atoms with Crippen LogP contribution in [0.25, 0.3) is 0 Å². The lowest BCUT2D eigenvalue weighted by atomic mass is 10.3. The molecule has 0 unspecified atom stereocenters. The molecule has 0 atom stereocenters. The molecule has 5 nitrogen and oxygen atoms in total. The predicted octanol–water partition coefficient (Wildman–Crippen LogP) is 3.16. The Balaban J connectivity index is 1.73. The van der Waals surface area contributed by atoms with Gasteiger partial charge in [0.1, 0.15) is 10.7 Å². The van der Waals surface area contributed by atoms with Gasteiger partial charge in [-0.3, -0.25) is 9.78 Å². The van der Waals surface area contributed by atoms with E-state index >= 15 is 0 Å². The van der Waals surface area contributed by atoms with E-state index < -0.39 is 0 Å². The second kappa shape index (κ2) is 6.84. The van der Waals surface area contributed by atoms with Crippen molar-refractivity contribution in [2.45, 2.75) is 20.3 Å². The van der Waals surface area contributed by atoms with Crippen molar-refractivity contribution in [3.63, 3.8) is 0 Å². The Kier molecular flexibility index (Phi) is 4.82. The first-order valence-corrected chi connectivity index (χ1v) is 8.89. The van der Waals surface area contributed by atoms with Crippen LogP contribution in [0.4, 0.5) is 5.82 Å². The number of nitrogens with zero attached hydrogens (tertiary/aromatic N) is 4. The van der Waals surface area contributed by atoms with Crippen LogP contribution < -0.4 is 4.90 Å². The molecule has 23 heavy (non-hydrogen) atoms. The number of anilines is 1. The van der Waals surface area contributed by atoms with Gasteiger partial charge in [-0.05, 0) is 31.7 Å². The highest BCUT2D eigenvalue weighted by atomic mass is 35.5. The van der Waals surface area contributed by atoms with E-state index in [9.17, 15) is 4.79 Å². The van der Waals surface area contributed by atoms with Crippen molar-refractivity contribution in [3.05, 3.63) is 38.9 Å². The zero-order valence-corrected chi connectivity index (χ0v) is 14.8. The Bertz CT molecular complexity index is 718. The summed E-state index contributed by atoms with van der Waals surface area (Å²) in [4.78, 5) is 26.3. The minimum atomic E-state index is 0.0268. The summed E-state index contributed by atoms with van der Waals surface area (Å²) in [6.07, 6.45) is 2.69. The zero-order chi connectivity index (χ0) is 16.4. The summed E-state index contributed by atoms with van der Waals surface area (Å²) >= 11 is 7.49. The number of halogens is 1. The van der Waals surface area contributed by atoms with Gasteiger partial charge in [0.25, 0.3) is 5.91 Å². The van der Waals surface area contributed by atoms with Gasteiger partial charge in [-0.15, -0.1) is 11.3 Å². The summed E-state index contributed by atoms with van der Waals surface area (Å²) in [5.74, 6) is 0.951. The Hall–Kier alpha value is -1.66. The molecule has 0 aromatic carbocycles. The molecule has 3 rings (SSSR count). The van der Waals surface area contributed by atoms with E-state index in [1.807, 2.05) is 24.1 Å². The monoisotopic (exact) mass is 350 g/mol. The van der Waals surface area contributed by atoms with E-state index in [4.69, 9.17) is 11.6 Å². The van der Waals surface area contributed by atoms with Crippen LogP contribution in [-0.4, -0.2) is 47.0 Å². The van der Waals surface area contributed by atoms with Gasteiger partial charge in [-0.1, -0.05) is 11.6 Å². The maximum absolute atomic E-state index is 12.6. The predicted molar refractivity (Wildman–Crippen MR) is 93.6 cm³/mol. The molecule has 1 saturated heterocycles. The van der Waals surface area contributed by atoms with E-state index in [0.717, 1.165) is 43.3 Å². The van der Waals surface area contributed by atoms with Crippen LogP contribution in [0.15, 0.2) is 17.6 Å². The SMILES string of the molecule is Cc1cnc(C)c(N2CCCN(C(=O)c3sccc3Cl)CC2)n1. The zero-order valence-electron chi connectivity index (χ0n) is 13.3. The normalized spacial score (nSPS) is 15.6. The van der Waals surface area contributed by atoms with Gasteiger partial charge in [0.05, 0.1) is 16.4 Å². The molecule has 122 valence electrons. The van der Waals surface area contributed by atoms with Crippen LogP contribution in [0.1, 0.15) is 27.5 Å². The number of thiophene rings is 1. The molecule has 0 radical (unpaired) electrons. The van der Waals surface area contributed by atoms with Crippen LogP contribution in [-0.2, 0) is 0 Å². The molecule has 2 aromatic heterocycles. The van der Waals surface area contributed by atoms with E-state index in [-0.39, 0.29) is 5.91 Å². The summed E-state index contributed by atoms with van der Waals surface area (Å²) < 4.78 is 0. The van der Waals surface area contributed by atoms with Crippen LogP contribution in [0.2, 0.25) is 5.02 Å². The average Bonchev–Trinajstić information content (AvgIpc) is 2.82. The topological polar surface area (TPSA) is 49.3 Å². The lowest BCUT2D eigenvalue weighted by Gasteiger charge is -2.23. The first-order chi connectivity index (χ1) is 11.1. The van der Waals surface area contributed by atoms with Crippen molar-refractivity contribution in [3.8, 4) is 0 Å². The Morgan fingerprint density at radius 1 is 1.26 bits per heavy atom. The Morgan fingerprint density at radius 2 is 2.09 bits per heavy atom. The molecule has 2 aromatic rings. The molecule has 0 spiro atoms. The number of amides is 1. The maximum Gasteiger partial charge on any atom is 0.265 e. The third-order valence-electron chi connectivity index (χ3n) is 3.94. The van der Waals surface area contributed by atoms with Crippen molar-refractivity contribution >= 4 is 34.7 Å². The lowest BCUT2D eigenvalue weighted by Crippen LogP contribution is -2.35. The minimum absolute atomic E-state index is 0.0268. The number of rotatable bonds is 2. The van der Waals surface area contributed by atoms with Gasteiger partial charge in [0.2, 0.25) is 0 Å². The largest absolute Gasteiger partial charge is 0.353 e. The number of aromatic nitrogens is 2. The molecule has 1 aliphatic rings. The van der Waals surface area contributed by atoms with Crippen molar-refractivity contribution in [2.24, 2.45) is 0 Å². The number of carbonyl (C=O) groups excluding carboxylic acids is 1. The van der Waals surface area contributed by atoms with E-state index in [1.54, 1.807) is 12.3 Å². The number of aryl methyl sites for hydroxylation is 2. The first kappa shape index (κ1) is 16.2. The second-order valence-corrected chi connectivity index (χ2v) is 6.97. The first-order valence-electron chi connectivity index (χ1n) is 7.63. The molecular weight excluding hydrogens is 332 g/mol. The van der Waals surface area contributed by atoms with Gasteiger partial charge >= 0.3 is 0 Å². The third-order valence-corrected chi connectivity index (χ3v) is 5.27. The molecule has 0 saturated carbocycles. The fourth-order valence-electron chi connectivity index (χ4n) is 2.75. The van der Waals surface area contributed by atoms with Gasteiger partial charge in [-0.2, -0.15) is 0 Å². The summed E-state index contributed by atoms with van der Waals surface area (Å²) in [7, 11) is 0. The summed E-state index contributed by atoms with van der Waals surface area (Å²) in [5.41, 5.74) is 1.84. The van der Waals surface area contributed by atoms with Crippen molar-refractivity contribution < 1.29 is 4.79 Å². The lowest BCUT2D eigenvalue weighted by molar-refractivity contribution is 0.0772. The van der Waals surface area contributed by atoms with Gasteiger partial charge in [0, 0.05) is 32.4 Å². The fraction of sp³-hybridized carbons (Fsp3) is 0.438. The smallest absolute Gasteiger partial charge is 0.265 e. The highest BCUT2D eigenvalue weighted by molar-refractivity contribution is 7.12. The van der Waals surface area contributed by atoms with Gasteiger partial charge < -0.3 is 9.80 Å². The number of hydrogen-bond acceptors (Lipinski definition) is 5. The molecule has 1 aliphatic heterocycles. The second-order valence-electron chi connectivity index (χ2n) is 5.65. The van der Waals surface area contributed by atoms with Crippen LogP contribution in [0.3, 0.4) is 0 Å². The number of hydrogen-bond donors (Lipinski definition) is 0. The van der Waals surface area contributed by atoms with Crippen LogP contribution in [0.5, 0.6) is 0 Å². The molecule has 1 amide bonds. The summed E-state index contributed by atoms with van der Waals surface area (Å²) in [6, 6.07) is 1.77. The molecule has 3 heterocycles. The highest BCUT2D eigenvalue weighted by Crippen LogP contribution is 2.25. The average molecular weight is 351 g/mol. The number of carbonyl (C=O) groups is 1. The maximum atomic E-state index is 12.6. The molecule has 0 N–H and O–H groups in total. The van der Waals surface area contributed by atoms with Gasteiger partial charge in [-0.25, -0.2) is 4.98 Å². The van der Waals surface area contributed by atoms with E-state index in [0.29, 0.717) is 16.4 Å². The third kappa shape index (κ3) is 3.48. The Labute approximate surface area is 144 Å². The summed E-state index contributed by atoms with van der Waals surface area (Å²) in [6.45, 7) is 6.96. The molecule has 0 aliphatic carbocycles. The summed E-state index contributed by atoms with van der Waals surface area (Å²) in [5, 5.41) is 2.40. The van der Waals surface area contributed by atoms with Crippen molar-refractivity contribution in [2.75, 3.05) is 31.1 Å². The Morgan fingerprint density at radius 3 is 2.83 bits per heavy atom. The molecular formula is C16H19ClN4OS. The minimum Gasteiger partial charge on any atom is -0.353 e.